The molecule has 2 aromatic rings. The van der Waals surface area contributed by atoms with E-state index in [-0.39, 0.29) is 5.97 Å². The molecule has 1 N–H and O–H groups in total. The molecular formula is C12H11BrNO3S+. The molecule has 0 aromatic carbocycles. The minimum atomic E-state index is -0.325. The van der Waals surface area contributed by atoms with Crippen LogP contribution in [0.5, 0.6) is 0 Å². The number of esters is 1. The normalized spacial score (nSPS) is 10.3. The number of ether oxygens (including phenoxy) is 1. The van der Waals surface area contributed by atoms with Crippen LogP contribution in [-0.2, 0) is 4.74 Å². The van der Waals surface area contributed by atoms with Crippen molar-refractivity contribution >= 4 is 33.2 Å². The predicted molar refractivity (Wildman–Crippen MR) is 70.8 cm³/mol. The average molecular weight is 329 g/mol. The Bertz CT molecular complexity index is 565. The van der Waals surface area contributed by atoms with E-state index in [9.17, 15) is 4.79 Å². The summed E-state index contributed by atoms with van der Waals surface area (Å²) in [5.41, 5.74) is 0.932. The fourth-order valence-electron chi connectivity index (χ4n) is 1.43. The lowest BCUT2D eigenvalue weighted by Gasteiger charge is -1.98. The van der Waals surface area contributed by atoms with Gasteiger partial charge in [-0.05, 0) is 28.9 Å². The molecule has 0 saturated carbocycles. The van der Waals surface area contributed by atoms with Crippen LogP contribution >= 0.6 is 27.3 Å². The second-order valence-electron chi connectivity index (χ2n) is 3.48. The summed E-state index contributed by atoms with van der Waals surface area (Å²) in [6, 6.07) is 5.41. The van der Waals surface area contributed by atoms with Crippen LogP contribution in [0.1, 0.15) is 16.6 Å². The first-order valence-electron chi connectivity index (χ1n) is 5.29. The van der Waals surface area contributed by atoms with Gasteiger partial charge < -0.3 is 4.74 Å². The van der Waals surface area contributed by atoms with E-state index in [1.165, 1.54) is 23.7 Å². The van der Waals surface area contributed by atoms with Crippen LogP contribution in [0.4, 0.5) is 0 Å². The number of hydrogen-bond donors (Lipinski definition) is 1. The van der Waals surface area contributed by atoms with Gasteiger partial charge in [0, 0.05) is 31.8 Å². The van der Waals surface area contributed by atoms with Crippen molar-refractivity contribution in [1.82, 2.24) is 0 Å². The highest BCUT2D eigenvalue weighted by Crippen LogP contribution is 2.34. The first-order valence-corrected chi connectivity index (χ1v) is 6.90. The smallest absolute Gasteiger partial charge is 0.349 e. The maximum Gasteiger partial charge on any atom is 0.349 e. The molecule has 94 valence electrons. The van der Waals surface area contributed by atoms with Crippen molar-refractivity contribution in [3.05, 3.63) is 39.9 Å². The van der Waals surface area contributed by atoms with Crippen LogP contribution in [0, 0.1) is 0 Å². The molecule has 2 heterocycles. The summed E-state index contributed by atoms with van der Waals surface area (Å²) in [4.78, 5) is 13.2. The highest BCUT2D eigenvalue weighted by molar-refractivity contribution is 9.10. The Hall–Kier alpha value is -1.40. The van der Waals surface area contributed by atoms with Gasteiger partial charge >= 0.3 is 5.97 Å². The van der Waals surface area contributed by atoms with E-state index < -0.39 is 0 Å². The number of hydrogen-bond acceptors (Lipinski definition) is 4. The van der Waals surface area contributed by atoms with Crippen molar-refractivity contribution in [1.29, 1.82) is 0 Å². The van der Waals surface area contributed by atoms with Crippen LogP contribution in [0.3, 0.4) is 0 Å². The van der Waals surface area contributed by atoms with E-state index in [0.717, 1.165) is 19.6 Å². The first kappa shape index (κ1) is 13.0. The summed E-state index contributed by atoms with van der Waals surface area (Å²) in [6.07, 6.45) is 3.07. The van der Waals surface area contributed by atoms with Crippen LogP contribution in [0.2, 0.25) is 0 Å². The van der Waals surface area contributed by atoms with Crippen molar-refractivity contribution in [3.63, 3.8) is 0 Å². The summed E-state index contributed by atoms with van der Waals surface area (Å²) in [6.45, 7) is 2.13. The molecule has 0 fully saturated rings. The van der Waals surface area contributed by atoms with Gasteiger partial charge in [0.15, 0.2) is 0 Å². The molecule has 18 heavy (non-hydrogen) atoms. The summed E-state index contributed by atoms with van der Waals surface area (Å²) in [5, 5.41) is 9.16. The molecule has 0 bridgehead atoms. The van der Waals surface area contributed by atoms with Gasteiger partial charge in [0.2, 0.25) is 12.4 Å². The number of pyridine rings is 1. The van der Waals surface area contributed by atoms with Crippen LogP contribution in [0.25, 0.3) is 10.4 Å². The van der Waals surface area contributed by atoms with E-state index in [1.54, 1.807) is 19.1 Å². The van der Waals surface area contributed by atoms with Crippen molar-refractivity contribution in [2.45, 2.75) is 6.92 Å². The van der Waals surface area contributed by atoms with Crippen molar-refractivity contribution in [2.24, 2.45) is 0 Å². The standard InChI is InChI=1S/C12H11BrNO3S/c1-2-17-12(15)11-9(13)7-10(18-11)8-3-5-14(16)6-4-8/h3-7,16H,2H2,1H3/q+1. The Morgan fingerprint density at radius 2 is 2.17 bits per heavy atom. The summed E-state index contributed by atoms with van der Waals surface area (Å²) < 4.78 is 6.67. The highest BCUT2D eigenvalue weighted by Gasteiger charge is 2.17. The van der Waals surface area contributed by atoms with Gasteiger partial charge in [0.1, 0.15) is 4.88 Å². The lowest BCUT2D eigenvalue weighted by Crippen LogP contribution is -2.27. The lowest BCUT2D eigenvalue weighted by atomic mass is 10.2. The topological polar surface area (TPSA) is 50.4 Å². The number of carbonyl (C=O) groups excluding carboxylic acids is 1. The molecule has 0 aliphatic rings. The Morgan fingerprint density at radius 3 is 2.78 bits per heavy atom. The second-order valence-corrected chi connectivity index (χ2v) is 5.38. The van der Waals surface area contributed by atoms with Gasteiger partial charge in [0.25, 0.3) is 0 Å². The molecule has 0 saturated heterocycles. The van der Waals surface area contributed by atoms with E-state index in [2.05, 4.69) is 15.9 Å². The van der Waals surface area contributed by atoms with Crippen molar-refractivity contribution in [3.8, 4) is 10.4 Å². The van der Waals surface area contributed by atoms with Crippen LogP contribution < -0.4 is 4.73 Å². The molecule has 4 nitrogen and oxygen atoms in total. The Balaban J connectivity index is 2.34. The van der Waals surface area contributed by atoms with Gasteiger partial charge in [-0.1, -0.05) is 0 Å². The quantitative estimate of drug-likeness (QED) is 0.535. The number of rotatable bonds is 3. The average Bonchev–Trinajstić information content (AvgIpc) is 2.72. The first-order chi connectivity index (χ1) is 8.61. The molecule has 0 spiro atoms. The summed E-state index contributed by atoms with van der Waals surface area (Å²) in [5.74, 6) is -0.325. The summed E-state index contributed by atoms with van der Waals surface area (Å²) >= 11 is 4.71. The predicted octanol–water partition coefficient (Wildman–Crippen LogP) is 2.88. The van der Waals surface area contributed by atoms with Gasteiger partial charge in [-0.15, -0.1) is 11.3 Å². The third kappa shape index (κ3) is 2.70. The van der Waals surface area contributed by atoms with E-state index in [0.29, 0.717) is 11.5 Å². The molecular weight excluding hydrogens is 318 g/mol. The van der Waals surface area contributed by atoms with Crippen LogP contribution in [0.15, 0.2) is 35.1 Å². The van der Waals surface area contributed by atoms with E-state index >= 15 is 0 Å². The maximum atomic E-state index is 11.7. The number of aromatic nitrogens is 1. The second kappa shape index (κ2) is 5.49. The van der Waals surface area contributed by atoms with Crippen molar-refractivity contribution < 1.29 is 19.5 Å². The van der Waals surface area contributed by atoms with E-state index in [4.69, 9.17) is 9.94 Å². The van der Waals surface area contributed by atoms with Gasteiger partial charge in [-0.3, -0.25) is 5.21 Å². The van der Waals surface area contributed by atoms with Gasteiger partial charge in [-0.25, -0.2) is 4.79 Å². The molecule has 0 unspecified atom stereocenters. The van der Waals surface area contributed by atoms with Gasteiger partial charge in [0.05, 0.1) is 6.61 Å². The number of thiophene rings is 1. The minimum absolute atomic E-state index is 0.325. The van der Waals surface area contributed by atoms with Crippen LogP contribution in [-0.4, -0.2) is 17.8 Å². The molecule has 2 rings (SSSR count). The van der Waals surface area contributed by atoms with Gasteiger partial charge in [-0.2, -0.15) is 0 Å². The SMILES string of the molecule is CCOC(=O)c1sc(-c2cc[n+](O)cc2)cc1Br. The number of nitrogens with zero attached hydrogens (tertiary/aromatic N) is 1. The zero-order chi connectivity index (χ0) is 13.1. The Kier molecular flexibility index (Phi) is 3.98. The fraction of sp³-hybridized carbons (Fsp3) is 0.167. The Labute approximate surface area is 117 Å². The molecule has 6 heteroatoms. The lowest BCUT2D eigenvalue weighted by molar-refractivity contribution is -0.904. The Morgan fingerprint density at radius 1 is 1.50 bits per heavy atom. The minimum Gasteiger partial charge on any atom is -0.462 e. The third-order valence-electron chi connectivity index (χ3n) is 2.25. The maximum absolute atomic E-state index is 11.7. The van der Waals surface area contributed by atoms with Crippen molar-refractivity contribution in [2.75, 3.05) is 6.61 Å². The monoisotopic (exact) mass is 328 g/mol. The molecule has 0 aliphatic carbocycles. The van der Waals surface area contributed by atoms with E-state index in [1.807, 2.05) is 6.07 Å². The fourth-order valence-corrected chi connectivity index (χ4v) is 3.16. The molecule has 0 atom stereocenters. The number of carbonyl (C=O) groups is 1. The summed E-state index contributed by atoms with van der Waals surface area (Å²) in [7, 11) is 0. The zero-order valence-corrected chi connectivity index (χ0v) is 12.0. The number of halogens is 1. The zero-order valence-electron chi connectivity index (χ0n) is 9.59. The largest absolute Gasteiger partial charge is 0.462 e. The molecule has 2 aromatic heterocycles. The third-order valence-corrected chi connectivity index (χ3v) is 4.30. The molecule has 0 aliphatic heterocycles. The molecule has 0 radical (unpaired) electrons. The molecule has 0 amide bonds. The highest BCUT2D eigenvalue weighted by atomic mass is 79.9.